The Labute approximate surface area is 54.5 Å². The van der Waals surface area contributed by atoms with Crippen molar-refractivity contribution in [1.29, 1.82) is 0 Å². The van der Waals surface area contributed by atoms with Gasteiger partial charge < -0.3 is 10.1 Å². The summed E-state index contributed by atoms with van der Waals surface area (Å²) in [4.78, 5) is 3.06. The Balaban J connectivity index is 2.30. The van der Waals surface area contributed by atoms with E-state index in [2.05, 4.69) is 4.98 Å². The summed E-state index contributed by atoms with van der Waals surface area (Å²) in [6.45, 7) is 0.277. The number of aliphatic hydroxyl groups excluding tert-OH is 1. The molecule has 0 atom stereocenters. The Morgan fingerprint density at radius 2 is 2.44 bits per heavy atom. The Morgan fingerprint density at radius 3 is 3.00 bits per heavy atom. The molecule has 0 spiro atoms. The summed E-state index contributed by atoms with van der Waals surface area (Å²) >= 11 is 0. The van der Waals surface area contributed by atoms with Crippen LogP contribution in [0.2, 0.25) is 0 Å². The molecule has 0 aliphatic rings. The SMILES string of the molecule is OCCCc1ccc[nH]1. The lowest BCUT2D eigenvalue weighted by Crippen LogP contribution is -1.88. The maximum Gasteiger partial charge on any atom is 0.0434 e. The van der Waals surface area contributed by atoms with Gasteiger partial charge in [-0.15, -0.1) is 0 Å². The van der Waals surface area contributed by atoms with Crippen molar-refractivity contribution in [1.82, 2.24) is 4.98 Å². The molecule has 0 saturated carbocycles. The van der Waals surface area contributed by atoms with E-state index >= 15 is 0 Å². The van der Waals surface area contributed by atoms with Crippen molar-refractivity contribution in [2.45, 2.75) is 12.8 Å². The van der Waals surface area contributed by atoms with E-state index in [1.807, 2.05) is 18.3 Å². The minimum absolute atomic E-state index is 0.277. The average Bonchev–Trinajstić information content (AvgIpc) is 2.34. The second kappa shape index (κ2) is 3.30. The summed E-state index contributed by atoms with van der Waals surface area (Å²) in [6, 6.07) is 3.99. The fourth-order valence-corrected chi connectivity index (χ4v) is 0.793. The summed E-state index contributed by atoms with van der Waals surface area (Å²) in [7, 11) is 0. The van der Waals surface area contributed by atoms with Gasteiger partial charge in [-0.3, -0.25) is 0 Å². The third kappa shape index (κ3) is 1.90. The van der Waals surface area contributed by atoms with Gasteiger partial charge in [0.25, 0.3) is 0 Å². The van der Waals surface area contributed by atoms with Gasteiger partial charge in [-0.05, 0) is 25.0 Å². The molecule has 1 heterocycles. The third-order valence-corrected chi connectivity index (χ3v) is 1.27. The van der Waals surface area contributed by atoms with E-state index in [9.17, 15) is 0 Å². The number of hydrogen-bond acceptors (Lipinski definition) is 1. The van der Waals surface area contributed by atoms with Crippen LogP contribution in [0, 0.1) is 0 Å². The van der Waals surface area contributed by atoms with E-state index < -0.39 is 0 Å². The highest BCUT2D eigenvalue weighted by Gasteiger charge is 1.89. The van der Waals surface area contributed by atoms with Crippen LogP contribution in [0.5, 0.6) is 0 Å². The highest BCUT2D eigenvalue weighted by Crippen LogP contribution is 1.97. The van der Waals surface area contributed by atoms with Crippen LogP contribution >= 0.6 is 0 Å². The molecule has 0 radical (unpaired) electrons. The Bertz CT molecular complexity index is 146. The predicted molar refractivity (Wildman–Crippen MR) is 36.2 cm³/mol. The third-order valence-electron chi connectivity index (χ3n) is 1.27. The number of aromatic nitrogens is 1. The molecule has 1 aromatic heterocycles. The molecule has 0 amide bonds. The Hall–Kier alpha value is -0.760. The normalized spacial score (nSPS) is 9.89. The Kier molecular flexibility index (Phi) is 2.33. The molecule has 0 saturated heterocycles. The molecule has 0 aliphatic heterocycles. The van der Waals surface area contributed by atoms with Crippen molar-refractivity contribution >= 4 is 0 Å². The quantitative estimate of drug-likeness (QED) is 0.619. The summed E-state index contributed by atoms with van der Waals surface area (Å²) in [5.41, 5.74) is 1.20. The summed E-state index contributed by atoms with van der Waals surface area (Å²) < 4.78 is 0. The zero-order valence-corrected chi connectivity index (χ0v) is 5.30. The standard InChI is InChI=1S/C7H11NO/c9-6-2-4-7-3-1-5-8-7/h1,3,5,8-9H,2,4,6H2. The predicted octanol–water partition coefficient (Wildman–Crippen LogP) is 0.940. The van der Waals surface area contributed by atoms with E-state index in [0.717, 1.165) is 12.8 Å². The monoisotopic (exact) mass is 125 g/mol. The van der Waals surface area contributed by atoms with Crippen LogP contribution in [-0.4, -0.2) is 16.7 Å². The molecule has 2 nitrogen and oxygen atoms in total. The van der Waals surface area contributed by atoms with Crippen molar-refractivity contribution in [2.24, 2.45) is 0 Å². The first-order valence-corrected chi connectivity index (χ1v) is 3.16. The van der Waals surface area contributed by atoms with Gasteiger partial charge in [-0.25, -0.2) is 0 Å². The van der Waals surface area contributed by atoms with Crippen molar-refractivity contribution in [2.75, 3.05) is 6.61 Å². The maximum atomic E-state index is 8.45. The highest BCUT2D eigenvalue weighted by molar-refractivity contribution is 5.03. The first-order chi connectivity index (χ1) is 4.43. The minimum atomic E-state index is 0.277. The summed E-state index contributed by atoms with van der Waals surface area (Å²) in [5.74, 6) is 0. The molecule has 2 heteroatoms. The zero-order valence-electron chi connectivity index (χ0n) is 5.30. The molecule has 0 unspecified atom stereocenters. The van der Waals surface area contributed by atoms with Crippen LogP contribution < -0.4 is 0 Å². The number of aliphatic hydroxyl groups is 1. The van der Waals surface area contributed by atoms with E-state index in [1.165, 1.54) is 5.69 Å². The largest absolute Gasteiger partial charge is 0.396 e. The van der Waals surface area contributed by atoms with E-state index in [0.29, 0.717) is 0 Å². The lowest BCUT2D eigenvalue weighted by Gasteiger charge is -1.91. The van der Waals surface area contributed by atoms with Gasteiger partial charge in [0.05, 0.1) is 0 Å². The molecule has 0 aliphatic carbocycles. The first-order valence-electron chi connectivity index (χ1n) is 3.16. The zero-order chi connectivity index (χ0) is 6.53. The number of H-pyrrole nitrogens is 1. The van der Waals surface area contributed by atoms with E-state index in [1.54, 1.807) is 0 Å². The number of aryl methyl sites for hydroxylation is 1. The van der Waals surface area contributed by atoms with Crippen molar-refractivity contribution < 1.29 is 5.11 Å². The van der Waals surface area contributed by atoms with Crippen LogP contribution in [0.4, 0.5) is 0 Å². The number of hydrogen-bond donors (Lipinski definition) is 2. The topological polar surface area (TPSA) is 36.0 Å². The van der Waals surface area contributed by atoms with Gasteiger partial charge in [0, 0.05) is 18.5 Å². The Morgan fingerprint density at radius 1 is 1.56 bits per heavy atom. The number of nitrogens with one attached hydrogen (secondary N) is 1. The van der Waals surface area contributed by atoms with E-state index in [4.69, 9.17) is 5.11 Å². The van der Waals surface area contributed by atoms with E-state index in [-0.39, 0.29) is 6.61 Å². The van der Waals surface area contributed by atoms with Gasteiger partial charge >= 0.3 is 0 Å². The lowest BCUT2D eigenvalue weighted by atomic mass is 10.2. The van der Waals surface area contributed by atoms with Crippen molar-refractivity contribution in [3.8, 4) is 0 Å². The molecule has 9 heavy (non-hydrogen) atoms. The lowest BCUT2D eigenvalue weighted by molar-refractivity contribution is 0.288. The molecule has 2 N–H and O–H groups in total. The summed E-state index contributed by atoms with van der Waals surface area (Å²) in [5, 5.41) is 8.45. The molecular weight excluding hydrogens is 114 g/mol. The van der Waals surface area contributed by atoms with Crippen LogP contribution in [0.3, 0.4) is 0 Å². The van der Waals surface area contributed by atoms with Crippen molar-refractivity contribution in [3.05, 3.63) is 24.0 Å². The summed E-state index contributed by atoms with van der Waals surface area (Å²) in [6.07, 6.45) is 3.69. The van der Waals surface area contributed by atoms with Crippen LogP contribution in [0.15, 0.2) is 18.3 Å². The second-order valence-electron chi connectivity index (χ2n) is 2.02. The van der Waals surface area contributed by atoms with Crippen LogP contribution in [0.25, 0.3) is 0 Å². The average molecular weight is 125 g/mol. The molecule has 1 rings (SSSR count). The van der Waals surface area contributed by atoms with Crippen molar-refractivity contribution in [3.63, 3.8) is 0 Å². The van der Waals surface area contributed by atoms with Gasteiger partial charge in [0.1, 0.15) is 0 Å². The number of aromatic amines is 1. The minimum Gasteiger partial charge on any atom is -0.396 e. The van der Waals surface area contributed by atoms with Gasteiger partial charge in [-0.1, -0.05) is 0 Å². The van der Waals surface area contributed by atoms with Crippen LogP contribution in [-0.2, 0) is 6.42 Å². The fourth-order valence-electron chi connectivity index (χ4n) is 0.793. The highest BCUT2D eigenvalue weighted by atomic mass is 16.2. The molecular formula is C7H11NO. The molecule has 0 bridgehead atoms. The molecule has 1 aromatic rings. The van der Waals surface area contributed by atoms with Crippen LogP contribution in [0.1, 0.15) is 12.1 Å². The molecule has 0 aromatic carbocycles. The van der Waals surface area contributed by atoms with Gasteiger partial charge in [-0.2, -0.15) is 0 Å². The first kappa shape index (κ1) is 6.36. The smallest absolute Gasteiger partial charge is 0.0434 e. The number of rotatable bonds is 3. The fraction of sp³-hybridized carbons (Fsp3) is 0.429. The van der Waals surface area contributed by atoms with Gasteiger partial charge in [0.2, 0.25) is 0 Å². The van der Waals surface area contributed by atoms with Gasteiger partial charge in [0.15, 0.2) is 0 Å². The second-order valence-corrected chi connectivity index (χ2v) is 2.02. The maximum absolute atomic E-state index is 8.45. The molecule has 50 valence electrons. The molecule has 0 fully saturated rings.